The van der Waals surface area contributed by atoms with E-state index in [2.05, 4.69) is 4.74 Å². The zero-order valence-electron chi connectivity index (χ0n) is 12.1. The quantitative estimate of drug-likeness (QED) is 0.483. The van der Waals surface area contributed by atoms with Gasteiger partial charge >= 0.3 is 5.97 Å². The average Bonchev–Trinajstić information content (AvgIpc) is 2.91. The van der Waals surface area contributed by atoms with Crippen LogP contribution in [0.4, 0.5) is 0 Å². The average molecular weight is 320 g/mol. The van der Waals surface area contributed by atoms with E-state index in [0.29, 0.717) is 22.4 Å². The van der Waals surface area contributed by atoms with E-state index in [1.54, 1.807) is 25.1 Å². The predicted molar refractivity (Wildman–Crippen MR) is 81.7 cm³/mol. The number of aromatic nitrogens is 1. The number of nitrogens with zero attached hydrogens (tertiary/aromatic N) is 1. The Morgan fingerprint density at radius 3 is 2.68 bits per heavy atom. The number of aldehydes is 1. The lowest BCUT2D eigenvalue weighted by atomic mass is 10.0. The van der Waals surface area contributed by atoms with Gasteiger partial charge in [-0.05, 0) is 30.7 Å². The molecule has 0 radical (unpaired) electrons. The minimum Gasteiger partial charge on any atom is -0.464 e. The molecule has 5 nitrogen and oxygen atoms in total. The van der Waals surface area contributed by atoms with Crippen molar-refractivity contribution in [3.8, 4) is 0 Å². The highest BCUT2D eigenvalue weighted by Gasteiger charge is 2.18. The van der Waals surface area contributed by atoms with E-state index in [4.69, 9.17) is 11.6 Å². The van der Waals surface area contributed by atoms with Crippen LogP contribution in [0.2, 0.25) is 5.02 Å². The molecule has 1 heterocycles. The largest absolute Gasteiger partial charge is 0.464 e. The van der Waals surface area contributed by atoms with E-state index in [9.17, 15) is 14.4 Å². The van der Waals surface area contributed by atoms with Crippen LogP contribution in [0.25, 0.3) is 0 Å². The van der Waals surface area contributed by atoms with Crippen LogP contribution in [0.3, 0.4) is 0 Å². The summed E-state index contributed by atoms with van der Waals surface area (Å²) >= 11 is 5.92. The second kappa shape index (κ2) is 6.58. The number of carbonyl (C=O) groups excluding carboxylic acids is 3. The number of rotatable bonds is 5. The van der Waals surface area contributed by atoms with Gasteiger partial charge < -0.3 is 9.30 Å². The van der Waals surface area contributed by atoms with Crippen LogP contribution in [0.15, 0.2) is 30.5 Å². The molecule has 22 heavy (non-hydrogen) atoms. The molecule has 6 heteroatoms. The second-order valence-corrected chi connectivity index (χ2v) is 5.21. The number of esters is 1. The number of hydrogen-bond acceptors (Lipinski definition) is 4. The molecule has 0 aliphatic heterocycles. The molecule has 0 fully saturated rings. The Morgan fingerprint density at radius 1 is 1.32 bits per heavy atom. The summed E-state index contributed by atoms with van der Waals surface area (Å²) in [7, 11) is 1.24. The molecule has 0 N–H and O–H groups in total. The van der Waals surface area contributed by atoms with Gasteiger partial charge in [-0.15, -0.1) is 0 Å². The normalized spacial score (nSPS) is 10.3. The van der Waals surface area contributed by atoms with E-state index in [-0.39, 0.29) is 18.0 Å². The van der Waals surface area contributed by atoms with Crippen molar-refractivity contribution >= 4 is 29.6 Å². The number of ether oxygens (including phenoxy) is 1. The fourth-order valence-electron chi connectivity index (χ4n) is 2.14. The Morgan fingerprint density at radius 2 is 2.05 bits per heavy atom. The van der Waals surface area contributed by atoms with Crippen molar-refractivity contribution in [3.63, 3.8) is 0 Å². The van der Waals surface area contributed by atoms with E-state index in [1.165, 1.54) is 23.9 Å². The maximum Gasteiger partial charge on any atom is 0.354 e. The monoisotopic (exact) mass is 319 g/mol. The lowest BCUT2D eigenvalue weighted by Gasteiger charge is -2.09. The number of methoxy groups -OCH3 is 1. The van der Waals surface area contributed by atoms with Crippen LogP contribution in [0.1, 0.15) is 36.8 Å². The highest BCUT2D eigenvalue weighted by Crippen LogP contribution is 2.18. The van der Waals surface area contributed by atoms with Crippen LogP contribution in [0, 0.1) is 6.92 Å². The third kappa shape index (κ3) is 3.26. The number of hydrogen-bond donors (Lipinski definition) is 0. The van der Waals surface area contributed by atoms with Gasteiger partial charge in [0.1, 0.15) is 5.69 Å². The van der Waals surface area contributed by atoms with Crippen molar-refractivity contribution in [1.29, 1.82) is 0 Å². The van der Waals surface area contributed by atoms with Crippen molar-refractivity contribution in [3.05, 3.63) is 57.9 Å². The van der Waals surface area contributed by atoms with Crippen molar-refractivity contribution < 1.29 is 19.1 Å². The van der Waals surface area contributed by atoms with Gasteiger partial charge in [0.2, 0.25) is 0 Å². The number of ketones is 1. The van der Waals surface area contributed by atoms with Gasteiger partial charge in [-0.25, -0.2) is 4.79 Å². The van der Waals surface area contributed by atoms with E-state index < -0.39 is 5.97 Å². The van der Waals surface area contributed by atoms with Gasteiger partial charge in [0.25, 0.3) is 0 Å². The fraction of sp³-hybridized carbons (Fsp3) is 0.188. The highest BCUT2D eigenvalue weighted by molar-refractivity contribution is 6.31. The second-order valence-electron chi connectivity index (χ2n) is 4.78. The Kier molecular flexibility index (Phi) is 4.78. The van der Waals surface area contributed by atoms with Gasteiger partial charge in [0.05, 0.1) is 13.7 Å². The molecule has 114 valence electrons. The number of halogens is 1. The van der Waals surface area contributed by atoms with Crippen molar-refractivity contribution in [2.75, 3.05) is 7.11 Å². The zero-order valence-corrected chi connectivity index (χ0v) is 12.9. The molecule has 2 aromatic rings. The van der Waals surface area contributed by atoms with Crippen molar-refractivity contribution in [2.45, 2.75) is 13.5 Å². The summed E-state index contributed by atoms with van der Waals surface area (Å²) in [6.45, 7) is 1.72. The summed E-state index contributed by atoms with van der Waals surface area (Å²) in [5.74, 6) is -0.818. The van der Waals surface area contributed by atoms with E-state index in [1.807, 2.05) is 0 Å². The van der Waals surface area contributed by atoms with Gasteiger partial charge in [-0.1, -0.05) is 17.7 Å². The molecule has 0 aliphatic rings. The van der Waals surface area contributed by atoms with Crippen LogP contribution >= 0.6 is 11.6 Å². The highest BCUT2D eigenvalue weighted by atomic mass is 35.5. The number of aryl methyl sites for hydroxylation is 1. The molecule has 0 saturated heterocycles. The van der Waals surface area contributed by atoms with E-state index in [0.717, 1.165) is 5.56 Å². The predicted octanol–water partition coefficient (Wildman–Crippen LogP) is 2.93. The third-order valence-corrected chi connectivity index (χ3v) is 3.50. The molecule has 1 aromatic heterocycles. The minimum absolute atomic E-state index is 0.0839. The summed E-state index contributed by atoms with van der Waals surface area (Å²) < 4.78 is 6.06. The first-order valence-corrected chi connectivity index (χ1v) is 6.87. The standard InChI is InChI=1S/C16H14ClNO4/c1-10-3-4-12(17)6-13(10)15(20)8-18-7-11(9-19)5-14(18)16(21)22-2/h3-7,9H,8H2,1-2H3. The van der Waals surface area contributed by atoms with Crippen molar-refractivity contribution in [2.24, 2.45) is 0 Å². The first kappa shape index (κ1) is 16.0. The third-order valence-electron chi connectivity index (χ3n) is 3.26. The molecule has 0 saturated carbocycles. The van der Waals surface area contributed by atoms with E-state index >= 15 is 0 Å². The molecule has 0 aliphatic carbocycles. The lowest BCUT2D eigenvalue weighted by Crippen LogP contribution is -2.16. The lowest BCUT2D eigenvalue weighted by molar-refractivity contribution is 0.0588. The Bertz CT molecular complexity index is 749. The van der Waals surface area contributed by atoms with Crippen LogP contribution in [0.5, 0.6) is 0 Å². The number of Topliss-reactive ketones (excluding diaryl/α,β-unsaturated/α-hetero) is 1. The Balaban J connectivity index is 2.35. The molecule has 1 aromatic carbocycles. The van der Waals surface area contributed by atoms with Crippen LogP contribution < -0.4 is 0 Å². The molecule has 0 bridgehead atoms. The topological polar surface area (TPSA) is 65.4 Å². The first-order chi connectivity index (χ1) is 10.5. The summed E-state index contributed by atoms with van der Waals surface area (Å²) in [4.78, 5) is 35.0. The zero-order chi connectivity index (χ0) is 16.3. The summed E-state index contributed by atoms with van der Waals surface area (Å²) in [5.41, 5.74) is 1.72. The maximum atomic E-state index is 12.4. The van der Waals surface area contributed by atoms with Gasteiger partial charge in [-0.3, -0.25) is 9.59 Å². The molecule has 0 atom stereocenters. The number of benzene rings is 1. The maximum absolute atomic E-state index is 12.4. The summed E-state index contributed by atoms with van der Waals surface area (Å²) in [6.07, 6.45) is 2.05. The molecule has 0 spiro atoms. The molecule has 0 amide bonds. The smallest absolute Gasteiger partial charge is 0.354 e. The fourth-order valence-corrected chi connectivity index (χ4v) is 2.31. The SMILES string of the molecule is COC(=O)c1cc(C=O)cn1CC(=O)c1cc(Cl)ccc1C. The van der Waals surface area contributed by atoms with Crippen LogP contribution in [-0.2, 0) is 11.3 Å². The molecule has 2 rings (SSSR count). The molecular formula is C16H14ClNO4. The summed E-state index contributed by atoms with van der Waals surface area (Å²) in [6, 6.07) is 6.43. The van der Waals surface area contributed by atoms with Gasteiger partial charge in [-0.2, -0.15) is 0 Å². The van der Waals surface area contributed by atoms with Gasteiger partial charge in [0, 0.05) is 22.3 Å². The Labute approximate surface area is 132 Å². The van der Waals surface area contributed by atoms with Gasteiger partial charge in [0.15, 0.2) is 12.1 Å². The molecular weight excluding hydrogens is 306 g/mol. The number of carbonyl (C=O) groups is 3. The molecule has 0 unspecified atom stereocenters. The minimum atomic E-state index is -0.608. The summed E-state index contributed by atoms with van der Waals surface area (Å²) in [5, 5.41) is 0.461. The first-order valence-electron chi connectivity index (χ1n) is 6.49. The van der Waals surface area contributed by atoms with Crippen LogP contribution in [-0.4, -0.2) is 29.7 Å². The Hall–Kier alpha value is -2.40. The van der Waals surface area contributed by atoms with Crippen molar-refractivity contribution in [1.82, 2.24) is 4.57 Å².